The van der Waals surface area contributed by atoms with Crippen LogP contribution < -0.4 is 0 Å². The van der Waals surface area contributed by atoms with E-state index in [1.165, 1.54) is 0 Å². The molecule has 0 radical (unpaired) electrons. The molecule has 0 atom stereocenters. The van der Waals surface area contributed by atoms with Crippen LogP contribution in [0.15, 0.2) is 60.7 Å². The van der Waals surface area contributed by atoms with E-state index in [1.54, 1.807) is 0 Å². The second-order valence-corrected chi connectivity index (χ2v) is 26.7. The van der Waals surface area contributed by atoms with Gasteiger partial charge in [-0.05, 0) is 0 Å². The first kappa shape index (κ1) is 17.7. The van der Waals surface area contributed by atoms with Crippen LogP contribution in [0.4, 0.5) is 0 Å². The summed E-state index contributed by atoms with van der Waals surface area (Å²) in [6, 6.07) is 19.5. The van der Waals surface area contributed by atoms with Crippen molar-refractivity contribution in [2.24, 2.45) is 0 Å². The van der Waals surface area contributed by atoms with Gasteiger partial charge in [0.15, 0.2) is 0 Å². The normalized spacial score (nSPS) is 26.8. The fourth-order valence-electron chi connectivity index (χ4n) is 3.68. The summed E-state index contributed by atoms with van der Waals surface area (Å²) in [5.74, 6) is 4.54. The zero-order valence-electron chi connectivity index (χ0n) is 14.4. The van der Waals surface area contributed by atoms with E-state index in [1.807, 2.05) is 60.7 Å². The molecule has 124 valence electrons. The molecule has 1 aliphatic heterocycles. The van der Waals surface area contributed by atoms with Gasteiger partial charge in [0, 0.05) is 0 Å². The van der Waals surface area contributed by atoms with Crippen LogP contribution in [0.1, 0.15) is 20.7 Å². The van der Waals surface area contributed by atoms with E-state index in [-0.39, 0.29) is 0 Å². The molecule has 1 saturated heterocycles. The Hall–Kier alpha value is -1.13. The summed E-state index contributed by atoms with van der Waals surface area (Å²) in [6.45, 7) is 0. The molecular formula is C20H24Ge2O2. The van der Waals surface area contributed by atoms with Gasteiger partial charge in [-0.3, -0.25) is 0 Å². The molecule has 0 bridgehead atoms. The average molecular weight is 442 g/mol. The van der Waals surface area contributed by atoms with Gasteiger partial charge >= 0.3 is 150 Å². The molecule has 0 saturated carbocycles. The van der Waals surface area contributed by atoms with Crippen molar-refractivity contribution in [1.29, 1.82) is 0 Å². The molecule has 0 N–H and O–H groups in total. The van der Waals surface area contributed by atoms with Crippen molar-refractivity contribution in [3.63, 3.8) is 0 Å². The monoisotopic (exact) mass is 444 g/mol. The van der Waals surface area contributed by atoms with Crippen molar-refractivity contribution >= 4 is 35.8 Å². The zero-order chi connectivity index (χ0) is 17.2. The predicted molar refractivity (Wildman–Crippen MR) is 104 cm³/mol. The molecule has 3 rings (SSSR count). The topological polar surface area (TPSA) is 34.1 Å². The van der Waals surface area contributed by atoms with Crippen LogP contribution in [0.25, 0.3) is 0 Å². The third-order valence-electron chi connectivity index (χ3n) is 5.63. The van der Waals surface area contributed by atoms with Crippen LogP contribution in [-0.2, 0) is 0 Å². The van der Waals surface area contributed by atoms with Gasteiger partial charge in [-0.15, -0.1) is 0 Å². The molecule has 0 aliphatic carbocycles. The van der Waals surface area contributed by atoms with Crippen LogP contribution in [0.5, 0.6) is 0 Å². The summed E-state index contributed by atoms with van der Waals surface area (Å²) in [7, 11) is 0. The molecule has 0 aromatic heterocycles. The summed E-state index contributed by atoms with van der Waals surface area (Å²) >= 11 is -5.07. The fourth-order valence-corrected chi connectivity index (χ4v) is 39.0. The number of hydrogen-bond donors (Lipinski definition) is 0. The van der Waals surface area contributed by atoms with Crippen molar-refractivity contribution < 1.29 is 9.59 Å². The summed E-state index contributed by atoms with van der Waals surface area (Å²) < 4.78 is 0.847. The fraction of sp³-hybridized carbons (Fsp3) is 0.300. The van der Waals surface area contributed by atoms with Gasteiger partial charge in [-0.1, -0.05) is 0 Å². The summed E-state index contributed by atoms with van der Waals surface area (Å²) in [5, 5.41) is 4.12. The third-order valence-corrected chi connectivity index (χ3v) is 27.2. The van der Waals surface area contributed by atoms with E-state index in [4.69, 9.17) is 0 Å². The summed E-state index contributed by atoms with van der Waals surface area (Å²) in [5.41, 5.74) is 1.76. The maximum atomic E-state index is 13.0. The first-order chi connectivity index (χ1) is 11.4. The van der Waals surface area contributed by atoms with E-state index in [9.17, 15) is 9.59 Å². The van der Waals surface area contributed by atoms with E-state index >= 15 is 0 Å². The number of carbonyl (C=O) groups excluding carboxylic acids is 2. The quantitative estimate of drug-likeness (QED) is 0.626. The Morgan fingerprint density at radius 3 is 1.21 bits per heavy atom. The molecule has 4 heteroatoms. The minimum absolute atomic E-state index is 0.423. The number of benzene rings is 2. The Labute approximate surface area is 149 Å². The van der Waals surface area contributed by atoms with Crippen molar-refractivity contribution in [2.45, 2.75) is 32.5 Å². The molecule has 0 amide bonds. The molecule has 0 spiro atoms. The van der Waals surface area contributed by atoms with Gasteiger partial charge in [0.05, 0.1) is 0 Å². The van der Waals surface area contributed by atoms with Crippen LogP contribution in [0.2, 0.25) is 32.5 Å². The Morgan fingerprint density at radius 2 is 0.917 bits per heavy atom. The second-order valence-electron chi connectivity index (χ2n) is 7.51. The molecule has 2 aromatic carbocycles. The van der Waals surface area contributed by atoms with Crippen LogP contribution >= 0.6 is 0 Å². The van der Waals surface area contributed by atoms with Gasteiger partial charge in [-0.2, -0.15) is 0 Å². The Morgan fingerprint density at radius 1 is 0.625 bits per heavy atom. The minimum atomic E-state index is -2.54. The van der Waals surface area contributed by atoms with E-state index < -0.39 is 26.5 Å². The van der Waals surface area contributed by atoms with E-state index in [0.29, 0.717) is 9.23 Å². The van der Waals surface area contributed by atoms with Gasteiger partial charge in [0.1, 0.15) is 0 Å². The Bertz CT molecular complexity index is 667. The third kappa shape index (κ3) is 3.45. The van der Waals surface area contributed by atoms with Crippen molar-refractivity contribution in [3.8, 4) is 0 Å². The molecule has 2 aromatic rings. The SMILES string of the molecule is [CH3][Ge]1([C](=O)c2ccccc2)[CH2][CH2][Ge]([CH3])([C](=O)c2ccccc2)[CH2][CH2]1. The predicted octanol–water partition coefficient (Wildman–Crippen LogP) is 5.00. The summed E-state index contributed by atoms with van der Waals surface area (Å²) in [4.78, 5) is 26.0. The number of rotatable bonds is 4. The summed E-state index contributed by atoms with van der Waals surface area (Å²) in [6.07, 6.45) is 0. The Kier molecular flexibility index (Phi) is 5.16. The van der Waals surface area contributed by atoms with Crippen molar-refractivity contribution in [1.82, 2.24) is 0 Å². The molecule has 2 nitrogen and oxygen atoms in total. The van der Waals surface area contributed by atoms with Crippen molar-refractivity contribution in [2.75, 3.05) is 0 Å². The van der Waals surface area contributed by atoms with E-state index in [2.05, 4.69) is 11.5 Å². The van der Waals surface area contributed by atoms with Crippen LogP contribution in [0.3, 0.4) is 0 Å². The van der Waals surface area contributed by atoms with Crippen molar-refractivity contribution in [3.05, 3.63) is 71.8 Å². The average Bonchev–Trinajstić information content (AvgIpc) is 2.64. The maximum absolute atomic E-state index is 13.0. The number of carbonyl (C=O) groups is 2. The van der Waals surface area contributed by atoms with E-state index in [0.717, 1.165) is 32.1 Å². The molecule has 0 unspecified atom stereocenters. The van der Waals surface area contributed by atoms with Crippen LogP contribution in [-0.4, -0.2) is 35.8 Å². The second kappa shape index (κ2) is 7.00. The molecule has 1 heterocycles. The van der Waals surface area contributed by atoms with Gasteiger partial charge < -0.3 is 0 Å². The van der Waals surface area contributed by atoms with Crippen LogP contribution in [0, 0.1) is 0 Å². The van der Waals surface area contributed by atoms with Gasteiger partial charge in [0.2, 0.25) is 0 Å². The standard InChI is InChI=1S/C20H24Ge2O2/c1-21(19(23)17-9-5-3-6-10-17)13-15-22(2,16-14-21)20(24)18-11-7-4-8-12-18/h3-12H,13-16H2,1-2H3. The molecular weight excluding hydrogens is 417 g/mol. The number of hydrogen-bond acceptors (Lipinski definition) is 2. The Balaban J connectivity index is 1.75. The first-order valence-electron chi connectivity index (χ1n) is 8.64. The van der Waals surface area contributed by atoms with Gasteiger partial charge in [-0.25, -0.2) is 0 Å². The molecule has 1 aliphatic rings. The zero-order valence-corrected chi connectivity index (χ0v) is 18.6. The molecule has 1 fully saturated rings. The molecule has 24 heavy (non-hydrogen) atoms. The first-order valence-corrected chi connectivity index (χ1v) is 20.9. The van der Waals surface area contributed by atoms with Gasteiger partial charge in [0.25, 0.3) is 0 Å².